The van der Waals surface area contributed by atoms with Crippen LogP contribution in [0, 0.1) is 0 Å². The summed E-state index contributed by atoms with van der Waals surface area (Å²) in [5.74, 6) is 0.681. The van der Waals surface area contributed by atoms with E-state index in [1.54, 1.807) is 24.1 Å². The molecule has 3 heterocycles. The highest BCUT2D eigenvalue weighted by Gasteiger charge is 2.23. The Hall–Kier alpha value is -2.48. The molecule has 1 aliphatic heterocycles. The fourth-order valence-electron chi connectivity index (χ4n) is 3.18. The molecule has 3 aromatic rings. The van der Waals surface area contributed by atoms with Crippen molar-refractivity contribution in [2.75, 3.05) is 18.0 Å². The minimum Gasteiger partial charge on any atom is -0.349 e. The summed E-state index contributed by atoms with van der Waals surface area (Å²) in [6, 6.07) is 6.15. The quantitative estimate of drug-likeness (QED) is 0.712. The first-order valence-electron chi connectivity index (χ1n) is 8.55. The van der Waals surface area contributed by atoms with Gasteiger partial charge in [0.05, 0.1) is 17.3 Å². The molecule has 8 heteroatoms. The minimum atomic E-state index is -0.0657. The second-order valence-corrected chi connectivity index (χ2v) is 7.43. The van der Waals surface area contributed by atoms with E-state index >= 15 is 0 Å². The number of rotatable bonds is 3. The normalized spacial score (nSPS) is 15.4. The smallest absolute Gasteiger partial charge is 0.254 e. The number of nitrogens with zero attached hydrogens (tertiary/aromatic N) is 5. The molecule has 7 nitrogen and oxygen atoms in total. The molecule has 0 aliphatic carbocycles. The van der Waals surface area contributed by atoms with Crippen LogP contribution >= 0.6 is 15.9 Å². The van der Waals surface area contributed by atoms with Crippen LogP contribution in [0.5, 0.6) is 0 Å². The van der Waals surface area contributed by atoms with Crippen LogP contribution in [-0.2, 0) is 7.05 Å². The first-order valence-corrected chi connectivity index (χ1v) is 9.34. The van der Waals surface area contributed by atoms with Crippen LogP contribution in [0.1, 0.15) is 23.2 Å². The molecule has 0 radical (unpaired) electrons. The van der Waals surface area contributed by atoms with Crippen molar-refractivity contribution < 1.29 is 4.79 Å². The number of piperidine rings is 1. The van der Waals surface area contributed by atoms with E-state index in [1.807, 2.05) is 24.4 Å². The molecule has 0 bridgehead atoms. The van der Waals surface area contributed by atoms with Gasteiger partial charge in [-0.15, -0.1) is 0 Å². The number of carbonyl (C=O) groups is 1. The van der Waals surface area contributed by atoms with E-state index in [1.165, 1.54) is 0 Å². The van der Waals surface area contributed by atoms with Crippen LogP contribution in [0.4, 0.5) is 5.95 Å². The van der Waals surface area contributed by atoms with Gasteiger partial charge in [-0.05, 0) is 31.0 Å². The molecule has 4 rings (SSSR count). The number of amides is 1. The lowest BCUT2D eigenvalue weighted by Gasteiger charge is -2.32. The predicted octanol–water partition coefficient (Wildman–Crippen LogP) is 2.52. The van der Waals surface area contributed by atoms with Gasteiger partial charge in [-0.25, -0.2) is 9.97 Å². The topological polar surface area (TPSA) is 75.9 Å². The lowest BCUT2D eigenvalue weighted by molar-refractivity contribution is 0.0931. The Morgan fingerprint density at radius 2 is 2.08 bits per heavy atom. The third-order valence-electron chi connectivity index (χ3n) is 4.61. The highest BCUT2D eigenvalue weighted by Crippen LogP contribution is 2.22. The molecule has 1 saturated heterocycles. The Morgan fingerprint density at radius 1 is 1.27 bits per heavy atom. The van der Waals surface area contributed by atoms with Crippen LogP contribution in [0.3, 0.4) is 0 Å². The summed E-state index contributed by atoms with van der Waals surface area (Å²) in [6.45, 7) is 1.64. The molecule has 0 saturated carbocycles. The van der Waals surface area contributed by atoms with Gasteiger partial charge in [-0.3, -0.25) is 9.48 Å². The van der Waals surface area contributed by atoms with E-state index in [2.05, 4.69) is 41.2 Å². The molecular formula is C18H19BrN6O. The van der Waals surface area contributed by atoms with Crippen LogP contribution < -0.4 is 10.2 Å². The standard InChI is InChI=1S/C18H19BrN6O/c1-24-11-13(10-21-24)17(26)22-15-4-6-25(7-5-15)18-20-9-12-8-14(19)2-3-16(12)23-18/h2-3,8-11,15H,4-7H2,1H3,(H,22,26). The molecule has 0 unspecified atom stereocenters. The van der Waals surface area contributed by atoms with Crippen molar-refractivity contribution in [2.24, 2.45) is 7.05 Å². The van der Waals surface area contributed by atoms with Crippen molar-refractivity contribution >= 4 is 38.7 Å². The number of aromatic nitrogens is 4. The van der Waals surface area contributed by atoms with Crippen molar-refractivity contribution in [1.29, 1.82) is 0 Å². The minimum absolute atomic E-state index is 0.0657. The summed E-state index contributed by atoms with van der Waals surface area (Å²) < 4.78 is 2.65. The first kappa shape index (κ1) is 17.0. The number of hydrogen-bond acceptors (Lipinski definition) is 5. The molecule has 1 fully saturated rings. The molecule has 1 amide bonds. The van der Waals surface area contributed by atoms with Crippen LogP contribution in [0.15, 0.2) is 41.3 Å². The second kappa shape index (κ2) is 7.03. The van der Waals surface area contributed by atoms with Crippen LogP contribution in [0.2, 0.25) is 0 Å². The first-order chi connectivity index (χ1) is 12.6. The number of halogens is 1. The van der Waals surface area contributed by atoms with E-state index in [4.69, 9.17) is 0 Å². The van der Waals surface area contributed by atoms with Crippen molar-refractivity contribution in [3.8, 4) is 0 Å². The van der Waals surface area contributed by atoms with Gasteiger partial charge in [-0.2, -0.15) is 5.10 Å². The number of benzene rings is 1. The summed E-state index contributed by atoms with van der Waals surface area (Å²) in [5.41, 5.74) is 1.53. The zero-order valence-electron chi connectivity index (χ0n) is 14.4. The van der Waals surface area contributed by atoms with Crippen molar-refractivity contribution in [3.63, 3.8) is 0 Å². The molecule has 0 spiro atoms. The molecule has 26 heavy (non-hydrogen) atoms. The fraction of sp³-hybridized carbons (Fsp3) is 0.333. The summed E-state index contributed by atoms with van der Waals surface area (Å²) in [7, 11) is 1.80. The Kier molecular flexibility index (Phi) is 4.58. The number of aryl methyl sites for hydroxylation is 1. The number of carbonyl (C=O) groups excluding carboxylic acids is 1. The highest BCUT2D eigenvalue weighted by molar-refractivity contribution is 9.10. The largest absolute Gasteiger partial charge is 0.349 e. The van der Waals surface area contributed by atoms with Gasteiger partial charge in [0, 0.05) is 48.4 Å². The van der Waals surface area contributed by atoms with Gasteiger partial charge in [0.1, 0.15) is 0 Å². The number of hydrogen-bond donors (Lipinski definition) is 1. The molecule has 1 aliphatic rings. The molecular weight excluding hydrogens is 396 g/mol. The molecule has 1 N–H and O–H groups in total. The second-order valence-electron chi connectivity index (χ2n) is 6.51. The van der Waals surface area contributed by atoms with Gasteiger partial charge >= 0.3 is 0 Å². The van der Waals surface area contributed by atoms with Gasteiger partial charge in [0.15, 0.2) is 0 Å². The number of fused-ring (bicyclic) bond motifs is 1. The summed E-state index contributed by atoms with van der Waals surface area (Å²) >= 11 is 3.47. The van der Waals surface area contributed by atoms with Gasteiger partial charge in [0.2, 0.25) is 5.95 Å². The maximum atomic E-state index is 12.2. The van der Waals surface area contributed by atoms with E-state index < -0.39 is 0 Å². The Balaban J connectivity index is 1.39. The van der Waals surface area contributed by atoms with E-state index in [-0.39, 0.29) is 11.9 Å². The molecule has 134 valence electrons. The van der Waals surface area contributed by atoms with Crippen LogP contribution in [-0.4, -0.2) is 44.8 Å². The maximum absolute atomic E-state index is 12.2. The van der Waals surface area contributed by atoms with Crippen LogP contribution in [0.25, 0.3) is 10.9 Å². The Bertz CT molecular complexity index is 948. The van der Waals surface area contributed by atoms with Crippen molar-refractivity contribution in [3.05, 3.63) is 46.8 Å². The molecule has 1 aromatic carbocycles. The highest BCUT2D eigenvalue weighted by atomic mass is 79.9. The fourth-order valence-corrected chi connectivity index (χ4v) is 3.56. The monoisotopic (exact) mass is 414 g/mol. The lowest BCUT2D eigenvalue weighted by Crippen LogP contribution is -2.45. The Morgan fingerprint density at radius 3 is 2.81 bits per heavy atom. The van der Waals surface area contributed by atoms with Crippen molar-refractivity contribution in [1.82, 2.24) is 25.1 Å². The van der Waals surface area contributed by atoms with Gasteiger partial charge < -0.3 is 10.2 Å². The van der Waals surface area contributed by atoms with Gasteiger partial charge in [-0.1, -0.05) is 15.9 Å². The van der Waals surface area contributed by atoms with Crippen molar-refractivity contribution in [2.45, 2.75) is 18.9 Å². The average Bonchev–Trinajstić information content (AvgIpc) is 3.08. The summed E-state index contributed by atoms with van der Waals surface area (Å²) in [5, 5.41) is 8.15. The zero-order chi connectivity index (χ0) is 18.1. The average molecular weight is 415 g/mol. The Labute approximate surface area is 159 Å². The third kappa shape index (κ3) is 3.55. The predicted molar refractivity (Wildman–Crippen MR) is 103 cm³/mol. The van der Waals surface area contributed by atoms with E-state index in [0.29, 0.717) is 5.56 Å². The number of nitrogens with one attached hydrogen (secondary N) is 1. The zero-order valence-corrected chi connectivity index (χ0v) is 16.0. The summed E-state index contributed by atoms with van der Waals surface area (Å²) in [6.07, 6.45) is 6.91. The lowest BCUT2D eigenvalue weighted by atomic mass is 10.0. The van der Waals surface area contributed by atoms with Gasteiger partial charge in [0.25, 0.3) is 5.91 Å². The van der Waals surface area contributed by atoms with E-state index in [9.17, 15) is 4.79 Å². The maximum Gasteiger partial charge on any atom is 0.254 e. The summed E-state index contributed by atoms with van der Waals surface area (Å²) in [4.78, 5) is 23.6. The third-order valence-corrected chi connectivity index (χ3v) is 5.10. The number of anilines is 1. The molecule has 2 aromatic heterocycles. The van der Waals surface area contributed by atoms with E-state index in [0.717, 1.165) is 47.3 Å². The SMILES string of the molecule is Cn1cc(C(=O)NC2CCN(c3ncc4cc(Br)ccc4n3)CC2)cn1. The molecule has 0 atom stereocenters.